The molecule has 0 aromatic rings. The molecule has 0 radical (unpaired) electrons. The van der Waals surface area contributed by atoms with Crippen LogP contribution >= 0.6 is 0 Å². The molecule has 1 saturated carbocycles. The number of nitrogens with two attached hydrogens (primary N) is 5. The van der Waals surface area contributed by atoms with Gasteiger partial charge in [0.25, 0.3) is 5.91 Å². The molecule has 1 aliphatic carbocycles. The summed E-state index contributed by atoms with van der Waals surface area (Å²) in [7, 11) is 0. The molecule has 4 heterocycles. The van der Waals surface area contributed by atoms with E-state index in [1.807, 2.05) is 0 Å². The molecule has 3 saturated heterocycles. The lowest BCUT2D eigenvalue weighted by Gasteiger charge is -2.46. The molecule has 0 aromatic carbocycles. The van der Waals surface area contributed by atoms with Crippen LogP contribution < -0.4 is 44.6 Å². The van der Waals surface area contributed by atoms with Gasteiger partial charge < -0.3 is 109 Å². The number of carbonyl (C=O) groups is 1. The molecular formula is C33H61FN8O14. The summed E-state index contributed by atoms with van der Waals surface area (Å²) >= 11 is 0. The number of ether oxygens (including phenoxy) is 6. The highest BCUT2D eigenvalue weighted by Crippen LogP contribution is 2.34. The zero-order valence-corrected chi connectivity index (χ0v) is 31.0. The number of hydrogen-bond donors (Lipinski definition) is 15. The molecule has 18 atom stereocenters. The molecular weight excluding hydrogens is 751 g/mol. The van der Waals surface area contributed by atoms with E-state index >= 15 is 0 Å². The number of alkyl halides is 1. The van der Waals surface area contributed by atoms with Gasteiger partial charge in [-0.3, -0.25) is 4.79 Å². The fourth-order valence-corrected chi connectivity index (χ4v) is 7.54. The second kappa shape index (κ2) is 20.0. The van der Waals surface area contributed by atoms with Crippen molar-refractivity contribution >= 4 is 5.91 Å². The third-order valence-electron chi connectivity index (χ3n) is 11.0. The van der Waals surface area contributed by atoms with Gasteiger partial charge in [-0.2, -0.15) is 0 Å². The summed E-state index contributed by atoms with van der Waals surface area (Å²) in [5, 5.41) is 83.8. The van der Waals surface area contributed by atoms with Crippen LogP contribution in [0.4, 0.5) is 4.39 Å². The summed E-state index contributed by atoms with van der Waals surface area (Å²) < 4.78 is 50.0. The Morgan fingerprint density at radius 3 is 2.25 bits per heavy atom. The van der Waals surface area contributed by atoms with Crippen LogP contribution in [0.3, 0.4) is 0 Å². The third kappa shape index (κ3) is 10.5. The Labute approximate surface area is 323 Å². The van der Waals surface area contributed by atoms with Gasteiger partial charge in [-0.1, -0.05) is 0 Å². The van der Waals surface area contributed by atoms with Crippen molar-refractivity contribution in [3.63, 3.8) is 0 Å². The van der Waals surface area contributed by atoms with Gasteiger partial charge in [-0.05, 0) is 44.8 Å². The van der Waals surface area contributed by atoms with E-state index in [4.69, 9.17) is 57.1 Å². The van der Waals surface area contributed by atoms with E-state index in [9.17, 15) is 44.9 Å². The number of carbonyl (C=O) groups excluding carboxylic acids is 1. The fraction of sp³-hybridized carbons (Fsp3) is 0.909. The second-order valence-corrected chi connectivity index (χ2v) is 15.2. The number of piperidine rings is 1. The molecule has 56 heavy (non-hydrogen) atoms. The van der Waals surface area contributed by atoms with Crippen LogP contribution in [0.2, 0.25) is 0 Å². The van der Waals surface area contributed by atoms with Crippen LogP contribution in [0.25, 0.3) is 0 Å². The van der Waals surface area contributed by atoms with Crippen molar-refractivity contribution in [1.29, 1.82) is 0 Å². The van der Waals surface area contributed by atoms with Gasteiger partial charge in [0, 0.05) is 25.7 Å². The maximum Gasteiger partial charge on any atom is 0.252 e. The zero-order chi connectivity index (χ0) is 40.9. The SMILES string of the molecule is NC[C@@H]1O[C@H](O[C@H]2[C@@H](O)[C@H](O[C@@H]3[C@@H](O)[C@H](NC(=O)C(O)[C@@H](F)CN)C[C@H](N)[C@H]3O[C@H]3OC(CNCC4(O)CCNCC4)=CC[C@H]3N)O[C@@H]2CO)[C@H](N)[C@@H](O)[C@@H]1O. The monoisotopic (exact) mass is 812 g/mol. The van der Waals surface area contributed by atoms with E-state index < -0.39 is 135 Å². The van der Waals surface area contributed by atoms with Crippen LogP contribution in [0.1, 0.15) is 25.7 Å². The lowest BCUT2D eigenvalue weighted by molar-refractivity contribution is -0.282. The Morgan fingerprint density at radius 1 is 0.929 bits per heavy atom. The van der Waals surface area contributed by atoms with E-state index in [-0.39, 0.29) is 19.5 Å². The van der Waals surface area contributed by atoms with E-state index in [0.29, 0.717) is 44.7 Å². The molecule has 0 spiro atoms. The van der Waals surface area contributed by atoms with Crippen molar-refractivity contribution in [1.82, 2.24) is 16.0 Å². The lowest BCUT2D eigenvalue weighted by Crippen LogP contribution is -2.67. The minimum Gasteiger partial charge on any atom is -0.467 e. The summed E-state index contributed by atoms with van der Waals surface area (Å²) in [6.07, 6.45) is -18.3. The van der Waals surface area contributed by atoms with Crippen LogP contribution in [0.5, 0.6) is 0 Å². The molecule has 5 rings (SSSR count). The molecule has 5 aliphatic rings. The minimum atomic E-state index is -2.16. The predicted octanol–water partition coefficient (Wildman–Crippen LogP) is -8.15. The normalized spacial score (nSPS) is 42.7. The van der Waals surface area contributed by atoms with Gasteiger partial charge in [0.15, 0.2) is 18.7 Å². The Morgan fingerprint density at radius 2 is 1.59 bits per heavy atom. The fourth-order valence-electron chi connectivity index (χ4n) is 7.54. The average molecular weight is 813 g/mol. The maximum atomic E-state index is 14.1. The molecule has 20 N–H and O–H groups in total. The molecule has 22 nitrogen and oxygen atoms in total. The van der Waals surface area contributed by atoms with Crippen molar-refractivity contribution < 1.29 is 73.4 Å². The average Bonchev–Trinajstić information content (AvgIpc) is 3.48. The predicted molar refractivity (Wildman–Crippen MR) is 190 cm³/mol. The highest BCUT2D eigenvalue weighted by molar-refractivity contribution is 5.81. The number of aliphatic hydroxyl groups is 7. The first-order valence-corrected chi connectivity index (χ1v) is 19.0. The Hall–Kier alpha value is -1.82. The first-order chi connectivity index (χ1) is 26.6. The van der Waals surface area contributed by atoms with Crippen molar-refractivity contribution in [2.75, 3.05) is 45.9 Å². The molecule has 23 heteroatoms. The quantitative estimate of drug-likeness (QED) is 0.0688. The summed E-state index contributed by atoms with van der Waals surface area (Å²) in [5.41, 5.74) is 29.1. The van der Waals surface area contributed by atoms with E-state index in [1.54, 1.807) is 6.08 Å². The number of aliphatic hydroxyl groups excluding tert-OH is 6. The molecule has 1 unspecified atom stereocenters. The standard InChI is InChI=1S/C33H61FN8O14/c34-14(8-35)21(44)29(49)42-17-7-16(38)26(54-30-15(37)2-1-13(51-30)10-41-12-33(50)3-5-40-6-4-33)28(22(17)45)56-32-25(48)27(19(11-43)53-32)55-31-20(39)24(47)23(46)18(9-36)52-31/h1,14-28,30-32,40-41,43-48,50H,2-12,35-39H2,(H,42,49)/t14-,15+,16-,17+,18-,19+,20+,21?,22-,23+,24+,25+,26+,27+,28+,30+,31+,32-/m0/s1. The highest BCUT2D eigenvalue weighted by atomic mass is 19.1. The maximum absolute atomic E-state index is 14.1. The smallest absolute Gasteiger partial charge is 0.252 e. The number of nitrogens with one attached hydrogen (secondary N) is 3. The molecule has 1 amide bonds. The Kier molecular flexibility index (Phi) is 16.1. The summed E-state index contributed by atoms with van der Waals surface area (Å²) in [5.74, 6) is -0.710. The van der Waals surface area contributed by atoms with Gasteiger partial charge in [-0.15, -0.1) is 0 Å². The largest absolute Gasteiger partial charge is 0.467 e. The molecule has 4 fully saturated rings. The van der Waals surface area contributed by atoms with E-state index in [0.717, 1.165) is 0 Å². The van der Waals surface area contributed by atoms with Crippen LogP contribution in [-0.2, 0) is 33.2 Å². The first-order valence-electron chi connectivity index (χ1n) is 19.0. The summed E-state index contributed by atoms with van der Waals surface area (Å²) in [6, 6.07) is -4.33. The van der Waals surface area contributed by atoms with Crippen molar-refractivity contribution in [2.24, 2.45) is 28.7 Å². The third-order valence-corrected chi connectivity index (χ3v) is 11.0. The number of hydrogen-bond acceptors (Lipinski definition) is 21. The molecule has 4 aliphatic heterocycles. The first kappa shape index (κ1) is 45.3. The van der Waals surface area contributed by atoms with Crippen LogP contribution in [0.15, 0.2) is 11.8 Å². The number of amides is 1. The zero-order valence-electron chi connectivity index (χ0n) is 31.0. The minimum absolute atomic E-state index is 0.171. The van der Waals surface area contributed by atoms with Gasteiger partial charge in [0.1, 0.15) is 66.9 Å². The van der Waals surface area contributed by atoms with Gasteiger partial charge >= 0.3 is 0 Å². The highest BCUT2D eigenvalue weighted by Gasteiger charge is 2.54. The lowest BCUT2D eigenvalue weighted by atomic mass is 9.83. The molecule has 324 valence electrons. The van der Waals surface area contributed by atoms with Gasteiger partial charge in [0.05, 0.1) is 36.9 Å². The molecule has 0 aromatic heterocycles. The van der Waals surface area contributed by atoms with E-state index in [2.05, 4.69) is 16.0 Å². The van der Waals surface area contributed by atoms with Gasteiger partial charge in [-0.25, -0.2) is 4.39 Å². The second-order valence-electron chi connectivity index (χ2n) is 15.2. The van der Waals surface area contributed by atoms with Crippen molar-refractivity contribution in [3.05, 3.63) is 11.8 Å². The Balaban J connectivity index is 1.32. The van der Waals surface area contributed by atoms with Crippen molar-refractivity contribution in [2.45, 2.75) is 142 Å². The van der Waals surface area contributed by atoms with E-state index in [1.165, 1.54) is 0 Å². The summed E-state index contributed by atoms with van der Waals surface area (Å²) in [6.45, 7) is 0.366. The number of halogens is 1. The van der Waals surface area contributed by atoms with Gasteiger partial charge in [0.2, 0.25) is 6.29 Å². The Bertz CT molecular complexity index is 1290. The summed E-state index contributed by atoms with van der Waals surface area (Å²) in [4.78, 5) is 12.8. The van der Waals surface area contributed by atoms with Crippen LogP contribution in [-0.4, -0.2) is 203 Å². The molecule has 0 bridgehead atoms. The number of rotatable bonds is 16. The topological polar surface area (TPSA) is 380 Å². The van der Waals surface area contributed by atoms with Crippen LogP contribution in [0, 0.1) is 0 Å². The van der Waals surface area contributed by atoms with Crippen molar-refractivity contribution in [3.8, 4) is 0 Å².